The monoisotopic (exact) mass is 262 g/mol. The van der Waals surface area contributed by atoms with E-state index >= 15 is 0 Å². The molecular weight excluding hydrogens is 240 g/mol. The van der Waals surface area contributed by atoms with Gasteiger partial charge in [-0.1, -0.05) is 19.1 Å². The fourth-order valence-corrected chi connectivity index (χ4v) is 2.84. The molecule has 3 unspecified atom stereocenters. The first-order valence-corrected chi connectivity index (χ1v) is 7.34. The smallest absolute Gasteiger partial charge is 0.120 e. The van der Waals surface area contributed by atoms with Gasteiger partial charge in [0, 0.05) is 12.5 Å². The van der Waals surface area contributed by atoms with Crippen LogP contribution < -0.4 is 4.74 Å². The number of hydrogen-bond donors (Lipinski definition) is 1. The highest BCUT2D eigenvalue weighted by Gasteiger charge is 2.33. The molecule has 0 spiro atoms. The summed E-state index contributed by atoms with van der Waals surface area (Å²) >= 11 is 0. The quantitative estimate of drug-likeness (QED) is 0.886. The van der Waals surface area contributed by atoms with E-state index in [0.717, 1.165) is 43.6 Å². The molecule has 0 aromatic heterocycles. The summed E-state index contributed by atoms with van der Waals surface area (Å²) in [4.78, 5) is 0. The largest absolute Gasteiger partial charge is 0.490 e. The number of hydrogen-bond acceptors (Lipinski definition) is 3. The van der Waals surface area contributed by atoms with Crippen molar-refractivity contribution in [2.45, 2.75) is 50.9 Å². The number of aliphatic hydroxyl groups is 1. The summed E-state index contributed by atoms with van der Waals surface area (Å²) in [7, 11) is 0. The van der Waals surface area contributed by atoms with Crippen molar-refractivity contribution in [1.82, 2.24) is 0 Å². The summed E-state index contributed by atoms with van der Waals surface area (Å²) in [6, 6.07) is 7.90. The van der Waals surface area contributed by atoms with Crippen LogP contribution in [-0.4, -0.2) is 23.9 Å². The fourth-order valence-electron chi connectivity index (χ4n) is 2.84. The van der Waals surface area contributed by atoms with E-state index in [0.29, 0.717) is 6.10 Å². The third kappa shape index (κ3) is 2.93. The van der Waals surface area contributed by atoms with Crippen LogP contribution in [0.15, 0.2) is 24.3 Å². The number of benzene rings is 1. The molecule has 104 valence electrons. The van der Waals surface area contributed by atoms with Crippen molar-refractivity contribution in [3.8, 4) is 5.75 Å². The van der Waals surface area contributed by atoms with Gasteiger partial charge in [-0.15, -0.1) is 0 Å². The third-order valence-corrected chi connectivity index (χ3v) is 4.10. The van der Waals surface area contributed by atoms with Crippen molar-refractivity contribution in [3.05, 3.63) is 29.8 Å². The summed E-state index contributed by atoms with van der Waals surface area (Å²) in [5.41, 5.74) is 0.951. The molecule has 1 saturated carbocycles. The zero-order valence-electron chi connectivity index (χ0n) is 11.4. The van der Waals surface area contributed by atoms with Crippen molar-refractivity contribution in [2.24, 2.45) is 5.92 Å². The summed E-state index contributed by atoms with van der Waals surface area (Å²) in [5.74, 6) is 1.09. The van der Waals surface area contributed by atoms with Gasteiger partial charge in [-0.25, -0.2) is 0 Å². The molecule has 1 aromatic rings. The number of ether oxygens (including phenoxy) is 2. The fraction of sp³-hybridized carbons (Fsp3) is 0.625. The summed E-state index contributed by atoms with van der Waals surface area (Å²) in [5, 5.41) is 10.6. The molecule has 0 radical (unpaired) electrons. The van der Waals surface area contributed by atoms with Crippen LogP contribution in [0, 0.1) is 5.92 Å². The molecule has 1 aliphatic carbocycles. The molecule has 19 heavy (non-hydrogen) atoms. The molecule has 1 N–H and O–H groups in total. The summed E-state index contributed by atoms with van der Waals surface area (Å²) < 4.78 is 11.5. The summed E-state index contributed by atoms with van der Waals surface area (Å²) in [6.07, 6.45) is 4.33. The minimum absolute atomic E-state index is 0.183. The molecule has 1 aromatic carbocycles. The maximum atomic E-state index is 10.6. The van der Waals surface area contributed by atoms with Gasteiger partial charge in [0.25, 0.3) is 0 Å². The Bertz CT molecular complexity index is 428. The van der Waals surface area contributed by atoms with Crippen LogP contribution in [0.25, 0.3) is 0 Å². The Kier molecular flexibility index (Phi) is 3.76. The molecule has 3 rings (SSSR count). The number of aliphatic hydroxyl groups excluding tert-OH is 1. The Morgan fingerprint density at radius 3 is 2.95 bits per heavy atom. The lowest BCUT2D eigenvalue weighted by atomic mass is 9.89. The Hall–Kier alpha value is -1.06. The van der Waals surface area contributed by atoms with Gasteiger partial charge in [-0.05, 0) is 43.4 Å². The van der Waals surface area contributed by atoms with Crippen molar-refractivity contribution < 1.29 is 14.6 Å². The Morgan fingerprint density at radius 1 is 1.37 bits per heavy atom. The molecule has 0 amide bonds. The first kappa shape index (κ1) is 12.9. The average Bonchev–Trinajstić information content (AvgIpc) is 3.11. The standard InChI is InChI=1S/C16H22O3/c1-2-15-14(8-9-18-15)16(17)11-4-3-5-13(10-11)19-12-6-7-12/h3-5,10,12,14-17H,2,6-9H2,1H3. The molecule has 1 heterocycles. The highest BCUT2D eigenvalue weighted by atomic mass is 16.5. The molecule has 2 fully saturated rings. The van der Waals surface area contributed by atoms with Gasteiger partial charge in [0.05, 0.1) is 18.3 Å². The molecule has 2 aliphatic rings. The van der Waals surface area contributed by atoms with E-state index in [-0.39, 0.29) is 12.0 Å². The predicted molar refractivity (Wildman–Crippen MR) is 73.2 cm³/mol. The van der Waals surface area contributed by atoms with Crippen LogP contribution in [0.5, 0.6) is 5.75 Å². The molecule has 1 aliphatic heterocycles. The van der Waals surface area contributed by atoms with Gasteiger partial charge in [0.15, 0.2) is 0 Å². The van der Waals surface area contributed by atoms with Gasteiger partial charge in [0.1, 0.15) is 5.75 Å². The van der Waals surface area contributed by atoms with Crippen molar-refractivity contribution in [1.29, 1.82) is 0 Å². The summed E-state index contributed by atoms with van der Waals surface area (Å²) in [6.45, 7) is 2.88. The number of rotatable bonds is 5. The lowest BCUT2D eigenvalue weighted by Crippen LogP contribution is -2.22. The lowest BCUT2D eigenvalue weighted by Gasteiger charge is -2.23. The van der Waals surface area contributed by atoms with Gasteiger partial charge in [-0.2, -0.15) is 0 Å². The van der Waals surface area contributed by atoms with E-state index in [4.69, 9.17) is 9.47 Å². The first-order chi connectivity index (χ1) is 9.28. The molecule has 3 heteroatoms. The molecule has 3 nitrogen and oxygen atoms in total. The van der Waals surface area contributed by atoms with E-state index in [1.165, 1.54) is 0 Å². The Morgan fingerprint density at radius 2 is 2.21 bits per heavy atom. The van der Waals surface area contributed by atoms with E-state index in [1.807, 2.05) is 24.3 Å². The van der Waals surface area contributed by atoms with E-state index < -0.39 is 6.10 Å². The van der Waals surface area contributed by atoms with Crippen LogP contribution in [-0.2, 0) is 4.74 Å². The van der Waals surface area contributed by atoms with Gasteiger partial charge < -0.3 is 14.6 Å². The predicted octanol–water partition coefficient (Wildman–Crippen LogP) is 3.08. The van der Waals surface area contributed by atoms with Crippen LogP contribution in [0.3, 0.4) is 0 Å². The van der Waals surface area contributed by atoms with E-state index in [9.17, 15) is 5.11 Å². The second kappa shape index (κ2) is 5.51. The minimum atomic E-state index is -0.449. The zero-order valence-corrected chi connectivity index (χ0v) is 11.4. The highest BCUT2D eigenvalue weighted by Crippen LogP contribution is 2.36. The second-order valence-electron chi connectivity index (χ2n) is 5.60. The Balaban J connectivity index is 1.72. The zero-order chi connectivity index (χ0) is 13.2. The van der Waals surface area contributed by atoms with Gasteiger partial charge >= 0.3 is 0 Å². The molecule has 1 saturated heterocycles. The average molecular weight is 262 g/mol. The third-order valence-electron chi connectivity index (χ3n) is 4.10. The molecule has 3 atom stereocenters. The van der Waals surface area contributed by atoms with Crippen molar-refractivity contribution >= 4 is 0 Å². The normalized spacial score (nSPS) is 28.3. The molecule has 0 bridgehead atoms. The SMILES string of the molecule is CCC1OCCC1C(O)c1cccc(OC2CC2)c1. The van der Waals surface area contributed by atoms with Gasteiger partial charge in [-0.3, -0.25) is 0 Å². The van der Waals surface area contributed by atoms with Crippen molar-refractivity contribution in [2.75, 3.05) is 6.61 Å². The van der Waals surface area contributed by atoms with E-state index in [2.05, 4.69) is 6.92 Å². The Labute approximate surface area is 114 Å². The topological polar surface area (TPSA) is 38.7 Å². The maximum absolute atomic E-state index is 10.6. The van der Waals surface area contributed by atoms with Crippen LogP contribution in [0.2, 0.25) is 0 Å². The van der Waals surface area contributed by atoms with Crippen LogP contribution >= 0.6 is 0 Å². The first-order valence-electron chi connectivity index (χ1n) is 7.34. The van der Waals surface area contributed by atoms with Crippen LogP contribution in [0.4, 0.5) is 0 Å². The molecular formula is C16H22O3. The highest BCUT2D eigenvalue weighted by molar-refractivity contribution is 5.31. The van der Waals surface area contributed by atoms with E-state index in [1.54, 1.807) is 0 Å². The van der Waals surface area contributed by atoms with Crippen molar-refractivity contribution in [3.63, 3.8) is 0 Å². The van der Waals surface area contributed by atoms with Gasteiger partial charge in [0.2, 0.25) is 0 Å². The lowest BCUT2D eigenvalue weighted by molar-refractivity contribution is 0.0306. The second-order valence-corrected chi connectivity index (χ2v) is 5.60. The minimum Gasteiger partial charge on any atom is -0.490 e. The maximum Gasteiger partial charge on any atom is 0.120 e. The van der Waals surface area contributed by atoms with Crippen LogP contribution in [0.1, 0.15) is 44.3 Å².